The molecule has 4 heteroatoms. The lowest BCUT2D eigenvalue weighted by Gasteiger charge is -2.21. The van der Waals surface area contributed by atoms with E-state index in [1.165, 1.54) is 17.8 Å². The van der Waals surface area contributed by atoms with E-state index in [0.717, 1.165) is 24.3 Å². The standard InChI is InChI=1S/C13H14FN3/c1-9-6-13-12(15-7-9)8-16-17(13)11-4-2-10(14)3-5-11/h2-5,8-9,15H,6-7H2,1H3. The number of hydrogen-bond donors (Lipinski definition) is 1. The molecule has 0 fully saturated rings. The van der Waals surface area contributed by atoms with Crippen LogP contribution in [-0.4, -0.2) is 16.3 Å². The highest BCUT2D eigenvalue weighted by Gasteiger charge is 2.19. The molecule has 88 valence electrons. The zero-order valence-electron chi connectivity index (χ0n) is 9.65. The second-order valence-corrected chi connectivity index (χ2v) is 4.58. The van der Waals surface area contributed by atoms with E-state index in [-0.39, 0.29) is 5.82 Å². The summed E-state index contributed by atoms with van der Waals surface area (Å²) < 4.78 is 14.8. The molecular weight excluding hydrogens is 217 g/mol. The number of aromatic nitrogens is 2. The molecule has 1 atom stereocenters. The normalized spacial score (nSPS) is 18.6. The molecule has 1 aliphatic rings. The predicted molar refractivity (Wildman–Crippen MR) is 64.9 cm³/mol. The van der Waals surface area contributed by atoms with Gasteiger partial charge in [0, 0.05) is 6.54 Å². The predicted octanol–water partition coefficient (Wildman–Crippen LogP) is 2.62. The summed E-state index contributed by atoms with van der Waals surface area (Å²) in [6.07, 6.45) is 2.84. The van der Waals surface area contributed by atoms with Crippen molar-refractivity contribution < 1.29 is 4.39 Å². The summed E-state index contributed by atoms with van der Waals surface area (Å²) in [5.41, 5.74) is 3.17. The zero-order valence-corrected chi connectivity index (χ0v) is 9.65. The van der Waals surface area contributed by atoms with Crippen LogP contribution in [0.2, 0.25) is 0 Å². The molecule has 0 radical (unpaired) electrons. The van der Waals surface area contributed by atoms with Crippen LogP contribution in [0.4, 0.5) is 10.1 Å². The van der Waals surface area contributed by atoms with Gasteiger partial charge in [0.2, 0.25) is 0 Å². The van der Waals surface area contributed by atoms with E-state index in [4.69, 9.17) is 0 Å². The highest BCUT2D eigenvalue weighted by molar-refractivity contribution is 5.52. The molecule has 3 rings (SSSR count). The fraction of sp³-hybridized carbons (Fsp3) is 0.308. The van der Waals surface area contributed by atoms with E-state index < -0.39 is 0 Å². The maximum Gasteiger partial charge on any atom is 0.123 e. The number of halogens is 1. The molecule has 1 aliphatic heterocycles. The van der Waals surface area contributed by atoms with Crippen molar-refractivity contribution in [1.29, 1.82) is 0 Å². The van der Waals surface area contributed by atoms with Gasteiger partial charge in [-0.1, -0.05) is 6.92 Å². The Labute approximate surface area is 99.3 Å². The Morgan fingerprint density at radius 3 is 2.88 bits per heavy atom. The third-order valence-electron chi connectivity index (χ3n) is 3.12. The van der Waals surface area contributed by atoms with Crippen molar-refractivity contribution in [3.63, 3.8) is 0 Å². The van der Waals surface area contributed by atoms with Crippen LogP contribution in [0.5, 0.6) is 0 Å². The van der Waals surface area contributed by atoms with E-state index in [9.17, 15) is 4.39 Å². The van der Waals surface area contributed by atoms with Crippen LogP contribution in [0, 0.1) is 11.7 Å². The van der Waals surface area contributed by atoms with Gasteiger partial charge in [-0.3, -0.25) is 0 Å². The van der Waals surface area contributed by atoms with Crippen molar-refractivity contribution >= 4 is 5.69 Å². The summed E-state index contributed by atoms with van der Waals surface area (Å²) in [6.45, 7) is 3.19. The fourth-order valence-electron chi connectivity index (χ4n) is 2.21. The van der Waals surface area contributed by atoms with Crippen LogP contribution in [0.25, 0.3) is 5.69 Å². The first-order valence-corrected chi connectivity index (χ1v) is 5.81. The lowest BCUT2D eigenvalue weighted by atomic mass is 10.0. The van der Waals surface area contributed by atoms with E-state index in [1.807, 2.05) is 10.9 Å². The lowest BCUT2D eigenvalue weighted by molar-refractivity contribution is 0.571. The van der Waals surface area contributed by atoms with Gasteiger partial charge in [-0.15, -0.1) is 0 Å². The Bertz CT molecular complexity index is 530. The first kappa shape index (κ1) is 10.3. The van der Waals surface area contributed by atoms with E-state index in [1.54, 1.807) is 12.1 Å². The quantitative estimate of drug-likeness (QED) is 0.817. The molecule has 0 aliphatic carbocycles. The molecule has 0 saturated heterocycles. The highest BCUT2D eigenvalue weighted by atomic mass is 19.1. The molecule has 2 aromatic rings. The topological polar surface area (TPSA) is 29.9 Å². The minimum Gasteiger partial charge on any atom is -0.382 e. The fourth-order valence-corrected chi connectivity index (χ4v) is 2.21. The molecule has 17 heavy (non-hydrogen) atoms. The third-order valence-corrected chi connectivity index (χ3v) is 3.12. The molecule has 1 N–H and O–H groups in total. The van der Waals surface area contributed by atoms with Crippen LogP contribution in [-0.2, 0) is 6.42 Å². The van der Waals surface area contributed by atoms with Gasteiger partial charge in [0.1, 0.15) is 5.82 Å². The average molecular weight is 231 g/mol. The van der Waals surface area contributed by atoms with E-state index in [2.05, 4.69) is 17.3 Å². The minimum atomic E-state index is -0.221. The van der Waals surface area contributed by atoms with Gasteiger partial charge in [0.25, 0.3) is 0 Å². The van der Waals surface area contributed by atoms with Crippen molar-refractivity contribution in [2.24, 2.45) is 5.92 Å². The average Bonchev–Trinajstić information content (AvgIpc) is 2.73. The van der Waals surface area contributed by atoms with Gasteiger partial charge >= 0.3 is 0 Å². The van der Waals surface area contributed by atoms with Crippen molar-refractivity contribution in [3.05, 3.63) is 42.0 Å². The number of hydrogen-bond acceptors (Lipinski definition) is 2. The van der Waals surface area contributed by atoms with Crippen molar-refractivity contribution in [2.45, 2.75) is 13.3 Å². The summed E-state index contributed by atoms with van der Waals surface area (Å²) in [5, 5.41) is 7.72. The van der Waals surface area contributed by atoms with Crippen LogP contribution in [0.1, 0.15) is 12.6 Å². The maximum absolute atomic E-state index is 12.9. The van der Waals surface area contributed by atoms with Gasteiger partial charge in [0.05, 0.1) is 23.3 Å². The second-order valence-electron chi connectivity index (χ2n) is 4.58. The zero-order chi connectivity index (χ0) is 11.8. The number of anilines is 1. The van der Waals surface area contributed by atoms with Crippen molar-refractivity contribution in [3.8, 4) is 5.69 Å². The lowest BCUT2D eigenvalue weighted by Crippen LogP contribution is -2.21. The number of nitrogens with zero attached hydrogens (tertiary/aromatic N) is 2. The third kappa shape index (κ3) is 1.79. The summed E-state index contributed by atoms with van der Waals surface area (Å²) in [5.74, 6) is 0.375. The summed E-state index contributed by atoms with van der Waals surface area (Å²) in [6, 6.07) is 6.43. The summed E-state index contributed by atoms with van der Waals surface area (Å²) >= 11 is 0. The Kier molecular flexibility index (Phi) is 2.35. The van der Waals surface area contributed by atoms with E-state index in [0.29, 0.717) is 5.92 Å². The molecule has 1 aromatic carbocycles. The molecular formula is C13H14FN3. The van der Waals surface area contributed by atoms with Crippen molar-refractivity contribution in [1.82, 2.24) is 9.78 Å². The van der Waals surface area contributed by atoms with Crippen LogP contribution in [0.15, 0.2) is 30.5 Å². The minimum absolute atomic E-state index is 0.221. The SMILES string of the molecule is CC1CNc2cnn(-c3ccc(F)cc3)c2C1. The van der Waals surface area contributed by atoms with Crippen molar-refractivity contribution in [2.75, 3.05) is 11.9 Å². The number of nitrogens with one attached hydrogen (secondary N) is 1. The molecule has 1 aromatic heterocycles. The van der Waals surface area contributed by atoms with Gasteiger partial charge in [-0.2, -0.15) is 5.10 Å². The largest absolute Gasteiger partial charge is 0.382 e. The maximum atomic E-state index is 12.9. The first-order chi connectivity index (χ1) is 8.24. The number of benzene rings is 1. The highest BCUT2D eigenvalue weighted by Crippen LogP contribution is 2.26. The monoisotopic (exact) mass is 231 g/mol. The van der Waals surface area contributed by atoms with Crippen LogP contribution in [0.3, 0.4) is 0 Å². The van der Waals surface area contributed by atoms with Gasteiger partial charge in [-0.25, -0.2) is 9.07 Å². The van der Waals surface area contributed by atoms with E-state index >= 15 is 0 Å². The Hall–Kier alpha value is -1.84. The first-order valence-electron chi connectivity index (χ1n) is 5.81. The summed E-state index contributed by atoms with van der Waals surface area (Å²) in [7, 11) is 0. The van der Waals surface area contributed by atoms with Crippen LogP contribution < -0.4 is 5.32 Å². The number of rotatable bonds is 1. The number of fused-ring (bicyclic) bond motifs is 1. The Balaban J connectivity index is 2.04. The van der Waals surface area contributed by atoms with Crippen LogP contribution >= 0.6 is 0 Å². The summed E-state index contributed by atoms with van der Waals surface area (Å²) in [4.78, 5) is 0. The molecule has 0 spiro atoms. The molecule has 0 saturated carbocycles. The van der Waals surface area contributed by atoms with Gasteiger partial charge < -0.3 is 5.32 Å². The van der Waals surface area contributed by atoms with Gasteiger partial charge in [-0.05, 0) is 36.6 Å². The Morgan fingerprint density at radius 1 is 1.35 bits per heavy atom. The molecule has 0 amide bonds. The molecule has 0 bridgehead atoms. The molecule has 2 heterocycles. The molecule has 3 nitrogen and oxygen atoms in total. The smallest absolute Gasteiger partial charge is 0.123 e. The Morgan fingerprint density at radius 2 is 2.12 bits per heavy atom. The molecule has 1 unspecified atom stereocenters. The second kappa shape index (κ2) is 3.87. The van der Waals surface area contributed by atoms with Gasteiger partial charge in [0.15, 0.2) is 0 Å².